The van der Waals surface area contributed by atoms with Crippen LogP contribution in [-0.2, 0) is 21.5 Å². The Bertz CT molecular complexity index is 789. The minimum absolute atomic E-state index is 0.0865. The van der Waals surface area contributed by atoms with Gasteiger partial charge in [0.2, 0.25) is 5.91 Å². The molecule has 1 unspecified atom stereocenters. The van der Waals surface area contributed by atoms with Gasteiger partial charge in [0.15, 0.2) is 0 Å². The molecule has 1 atom stereocenters. The summed E-state index contributed by atoms with van der Waals surface area (Å²) in [7, 11) is 3.08. The van der Waals surface area contributed by atoms with Crippen LogP contribution >= 0.6 is 0 Å². The van der Waals surface area contributed by atoms with Crippen LogP contribution in [0.15, 0.2) is 48.5 Å². The summed E-state index contributed by atoms with van der Waals surface area (Å²) in [4.78, 5) is 24.0. The average Bonchev–Trinajstić information content (AvgIpc) is 2.61. The third kappa shape index (κ3) is 4.75. The first-order valence-corrected chi connectivity index (χ1v) is 8.17. The maximum absolute atomic E-state index is 12.6. The van der Waals surface area contributed by atoms with Gasteiger partial charge in [-0.3, -0.25) is 9.59 Å². The van der Waals surface area contributed by atoms with Gasteiger partial charge in [0, 0.05) is 5.56 Å². The second-order valence-corrected chi connectivity index (χ2v) is 6.17. The average molecular weight is 357 g/mol. The van der Waals surface area contributed by atoms with Crippen LogP contribution in [0.25, 0.3) is 0 Å². The molecule has 6 heteroatoms. The number of para-hydroxylation sites is 1. The van der Waals surface area contributed by atoms with E-state index >= 15 is 0 Å². The number of rotatable bonds is 8. The number of amides is 1. The van der Waals surface area contributed by atoms with E-state index in [9.17, 15) is 14.7 Å². The molecule has 6 nitrogen and oxygen atoms in total. The van der Waals surface area contributed by atoms with Gasteiger partial charge in [0.05, 0.1) is 32.6 Å². The molecule has 1 amide bonds. The molecule has 0 aliphatic rings. The molecule has 0 fully saturated rings. The maximum Gasteiger partial charge on any atom is 0.306 e. The van der Waals surface area contributed by atoms with Crippen LogP contribution in [0.2, 0.25) is 0 Å². The Balaban J connectivity index is 2.26. The summed E-state index contributed by atoms with van der Waals surface area (Å²) in [5, 5.41) is 12.2. The van der Waals surface area contributed by atoms with Gasteiger partial charge in [-0.15, -0.1) is 0 Å². The van der Waals surface area contributed by atoms with Crippen LogP contribution in [0.4, 0.5) is 0 Å². The standard InChI is InChI=1S/C20H23NO5/c1-20(13-19(23)24,15-8-6-9-16(12-15)25-2)21-18(22)11-14-7-4-5-10-17(14)26-3/h4-10,12H,11,13H2,1-3H3,(H,21,22)(H,23,24). The van der Waals surface area contributed by atoms with Crippen molar-refractivity contribution in [2.24, 2.45) is 0 Å². The van der Waals surface area contributed by atoms with E-state index in [0.29, 0.717) is 17.1 Å². The largest absolute Gasteiger partial charge is 0.497 e. The van der Waals surface area contributed by atoms with Crippen LogP contribution in [0.5, 0.6) is 11.5 Å². The van der Waals surface area contributed by atoms with E-state index in [-0.39, 0.29) is 18.7 Å². The lowest BCUT2D eigenvalue weighted by Gasteiger charge is -2.30. The van der Waals surface area contributed by atoms with Gasteiger partial charge in [0.1, 0.15) is 11.5 Å². The van der Waals surface area contributed by atoms with Crippen LogP contribution in [0.3, 0.4) is 0 Å². The fourth-order valence-corrected chi connectivity index (χ4v) is 2.86. The van der Waals surface area contributed by atoms with E-state index in [1.807, 2.05) is 12.1 Å². The topological polar surface area (TPSA) is 84.9 Å². The number of ether oxygens (including phenoxy) is 2. The molecule has 0 aliphatic heterocycles. The van der Waals surface area contributed by atoms with Crippen molar-refractivity contribution in [3.05, 3.63) is 59.7 Å². The summed E-state index contributed by atoms with van der Waals surface area (Å²) in [6.07, 6.45) is -0.166. The summed E-state index contributed by atoms with van der Waals surface area (Å²) in [6, 6.07) is 14.3. The number of hydrogen-bond donors (Lipinski definition) is 2. The Kier molecular flexibility index (Phi) is 6.22. The number of methoxy groups -OCH3 is 2. The van der Waals surface area contributed by atoms with Crippen LogP contribution in [0, 0.1) is 0 Å². The summed E-state index contributed by atoms with van der Waals surface area (Å²) < 4.78 is 10.5. The van der Waals surface area contributed by atoms with E-state index in [1.165, 1.54) is 7.11 Å². The first-order valence-electron chi connectivity index (χ1n) is 8.17. The number of carbonyl (C=O) groups is 2. The Hall–Kier alpha value is -3.02. The van der Waals surface area contributed by atoms with Gasteiger partial charge in [-0.1, -0.05) is 30.3 Å². The van der Waals surface area contributed by atoms with E-state index in [4.69, 9.17) is 9.47 Å². The molecule has 2 N–H and O–H groups in total. The zero-order chi connectivity index (χ0) is 19.2. The molecule has 26 heavy (non-hydrogen) atoms. The zero-order valence-electron chi connectivity index (χ0n) is 15.1. The summed E-state index contributed by atoms with van der Waals surface area (Å²) in [5.74, 6) is -0.0870. The molecule has 0 radical (unpaired) electrons. The van der Waals surface area contributed by atoms with Crippen molar-refractivity contribution in [1.82, 2.24) is 5.32 Å². The highest BCUT2D eigenvalue weighted by Crippen LogP contribution is 2.28. The number of hydrogen-bond acceptors (Lipinski definition) is 4. The van der Waals surface area contributed by atoms with E-state index < -0.39 is 11.5 Å². The summed E-state index contributed by atoms with van der Waals surface area (Å²) in [5.41, 5.74) is 0.322. The molecule has 0 saturated heterocycles. The molecule has 0 aliphatic carbocycles. The summed E-state index contributed by atoms with van der Waals surface area (Å²) >= 11 is 0. The van der Waals surface area contributed by atoms with Crippen LogP contribution in [0.1, 0.15) is 24.5 Å². The fourth-order valence-electron chi connectivity index (χ4n) is 2.86. The van der Waals surface area contributed by atoms with Crippen molar-refractivity contribution < 1.29 is 24.2 Å². The molecule has 0 saturated carbocycles. The number of carbonyl (C=O) groups excluding carboxylic acids is 1. The van der Waals surface area contributed by atoms with Crippen LogP contribution in [-0.4, -0.2) is 31.2 Å². The second-order valence-electron chi connectivity index (χ2n) is 6.17. The Labute approximate surface area is 152 Å². The molecule has 2 rings (SSSR count). The van der Waals surface area contributed by atoms with E-state index in [1.54, 1.807) is 50.4 Å². The number of nitrogens with one attached hydrogen (secondary N) is 1. The SMILES string of the molecule is COc1cccc(C(C)(CC(=O)O)NC(=O)Cc2ccccc2OC)c1. The molecule has 2 aromatic carbocycles. The smallest absolute Gasteiger partial charge is 0.306 e. The highest BCUT2D eigenvalue weighted by Gasteiger charge is 2.32. The van der Waals surface area contributed by atoms with Gasteiger partial charge >= 0.3 is 5.97 Å². The van der Waals surface area contributed by atoms with Crippen molar-refractivity contribution >= 4 is 11.9 Å². The lowest BCUT2D eigenvalue weighted by molar-refractivity contribution is -0.139. The van der Waals surface area contributed by atoms with Crippen molar-refractivity contribution in [3.8, 4) is 11.5 Å². The molecule has 138 valence electrons. The third-order valence-corrected chi connectivity index (χ3v) is 4.17. The van der Waals surface area contributed by atoms with Crippen molar-refractivity contribution in [2.75, 3.05) is 14.2 Å². The number of carboxylic acids is 1. The van der Waals surface area contributed by atoms with Gasteiger partial charge in [-0.05, 0) is 30.7 Å². The van der Waals surface area contributed by atoms with Crippen molar-refractivity contribution in [2.45, 2.75) is 25.3 Å². The van der Waals surface area contributed by atoms with Crippen LogP contribution < -0.4 is 14.8 Å². The first kappa shape index (κ1) is 19.3. The predicted molar refractivity (Wildman–Crippen MR) is 97.4 cm³/mol. The lowest BCUT2D eigenvalue weighted by Crippen LogP contribution is -2.45. The Morgan fingerprint density at radius 2 is 1.81 bits per heavy atom. The summed E-state index contributed by atoms with van der Waals surface area (Å²) in [6.45, 7) is 1.69. The highest BCUT2D eigenvalue weighted by atomic mass is 16.5. The van der Waals surface area contributed by atoms with Gasteiger partial charge in [-0.25, -0.2) is 0 Å². The van der Waals surface area contributed by atoms with E-state index in [0.717, 1.165) is 5.56 Å². The van der Waals surface area contributed by atoms with Gasteiger partial charge in [-0.2, -0.15) is 0 Å². The molecule has 2 aromatic rings. The number of carboxylic acid groups (broad SMARTS) is 1. The lowest BCUT2D eigenvalue weighted by atomic mass is 9.88. The van der Waals surface area contributed by atoms with Gasteiger partial charge < -0.3 is 19.9 Å². The number of aliphatic carboxylic acids is 1. The van der Waals surface area contributed by atoms with Crippen molar-refractivity contribution in [1.29, 1.82) is 0 Å². The maximum atomic E-state index is 12.6. The first-order chi connectivity index (χ1) is 12.4. The van der Waals surface area contributed by atoms with Crippen molar-refractivity contribution in [3.63, 3.8) is 0 Å². The molecule has 0 spiro atoms. The zero-order valence-corrected chi connectivity index (χ0v) is 15.1. The minimum Gasteiger partial charge on any atom is -0.497 e. The highest BCUT2D eigenvalue weighted by molar-refractivity contribution is 5.81. The minimum atomic E-state index is -1.07. The fraction of sp³-hybridized carbons (Fsp3) is 0.300. The Morgan fingerprint density at radius 1 is 1.08 bits per heavy atom. The molecule has 0 heterocycles. The van der Waals surface area contributed by atoms with E-state index in [2.05, 4.69) is 5.32 Å². The molecule has 0 bridgehead atoms. The number of benzene rings is 2. The molecule has 0 aromatic heterocycles. The normalized spacial score (nSPS) is 12.7. The Morgan fingerprint density at radius 3 is 2.46 bits per heavy atom. The second kappa shape index (κ2) is 8.38. The quantitative estimate of drug-likeness (QED) is 0.759. The monoisotopic (exact) mass is 357 g/mol. The molecular formula is C20H23NO5. The molecular weight excluding hydrogens is 334 g/mol. The van der Waals surface area contributed by atoms with Gasteiger partial charge in [0.25, 0.3) is 0 Å². The third-order valence-electron chi connectivity index (χ3n) is 4.17. The predicted octanol–water partition coefficient (Wildman–Crippen LogP) is 2.75.